The van der Waals surface area contributed by atoms with E-state index in [1.165, 1.54) is 0 Å². The van der Waals surface area contributed by atoms with Crippen molar-refractivity contribution in [3.63, 3.8) is 0 Å². The molecule has 0 aromatic carbocycles. The number of hydrogen-bond acceptors (Lipinski definition) is 0. The summed E-state index contributed by atoms with van der Waals surface area (Å²) in [5.74, 6) is 0. The first-order valence-electron chi connectivity index (χ1n) is 5.06. The van der Waals surface area contributed by atoms with Gasteiger partial charge in [0.15, 0.2) is 0 Å². The summed E-state index contributed by atoms with van der Waals surface area (Å²) in [5.41, 5.74) is 4.84. The number of hydrogen-bond donors (Lipinski definition) is 0. The van der Waals surface area contributed by atoms with E-state index in [9.17, 15) is 0 Å². The fourth-order valence-corrected chi connectivity index (χ4v) is 2.61. The van der Waals surface area contributed by atoms with E-state index < -0.39 is 16.1 Å². The molecule has 0 aliphatic rings. The van der Waals surface area contributed by atoms with Crippen LogP contribution in [0.15, 0.2) is 23.6 Å². The maximum absolute atomic E-state index is 2.42. The summed E-state index contributed by atoms with van der Waals surface area (Å²) in [6.07, 6.45) is 5.76. The fraction of sp³-hybridized carbons (Fsp3) is 0.636. The van der Waals surface area contributed by atoms with Crippen LogP contribution < -0.4 is 0 Å². The van der Waals surface area contributed by atoms with Crippen LogP contribution in [0.5, 0.6) is 0 Å². The highest BCUT2D eigenvalue weighted by molar-refractivity contribution is 6.81. The highest BCUT2D eigenvalue weighted by Gasteiger charge is 2.07. The zero-order valence-electron chi connectivity index (χ0n) is 10.0. The lowest BCUT2D eigenvalue weighted by Gasteiger charge is -2.08. The van der Waals surface area contributed by atoms with E-state index in [0.29, 0.717) is 0 Å². The highest BCUT2D eigenvalue weighted by Crippen LogP contribution is 2.05. The van der Waals surface area contributed by atoms with Gasteiger partial charge in [-0.2, -0.15) is 0 Å². The molecule has 0 atom stereocenters. The van der Waals surface area contributed by atoms with Gasteiger partial charge in [0.25, 0.3) is 0 Å². The standard InChI is InChI=1S/C11H24Si2/c1-12(2,3)10-8-7-9-11-13(4,5)6/h8-11H,7H2,1-6H3. The summed E-state index contributed by atoms with van der Waals surface area (Å²) in [6.45, 7) is 14.2. The lowest BCUT2D eigenvalue weighted by atomic mass is 10.4. The molecule has 0 amide bonds. The third-order valence-electron chi connectivity index (χ3n) is 1.51. The molecule has 0 fully saturated rings. The second-order valence-electron chi connectivity index (χ2n) is 5.77. The molecule has 76 valence electrons. The average Bonchev–Trinajstić information content (AvgIpc) is 1.81. The van der Waals surface area contributed by atoms with Crippen molar-refractivity contribution in [3.05, 3.63) is 23.6 Å². The minimum Gasteiger partial charge on any atom is -0.0986 e. The summed E-state index contributed by atoms with van der Waals surface area (Å²) >= 11 is 0. The molecule has 0 aliphatic carbocycles. The summed E-state index contributed by atoms with van der Waals surface area (Å²) < 4.78 is 0. The molecule has 0 saturated heterocycles. The number of allylic oxidation sites excluding steroid dienone is 2. The molecule has 0 aromatic rings. The molecule has 2 heteroatoms. The molecular weight excluding hydrogens is 188 g/mol. The SMILES string of the molecule is C[Si](C)(C)C=CCC=C[Si](C)(C)C. The first kappa shape index (κ1) is 12.9. The lowest BCUT2D eigenvalue weighted by molar-refractivity contribution is 1.40. The Kier molecular flexibility index (Phi) is 4.93. The van der Waals surface area contributed by atoms with Gasteiger partial charge in [-0.1, -0.05) is 62.8 Å². The van der Waals surface area contributed by atoms with Crippen molar-refractivity contribution < 1.29 is 0 Å². The Labute approximate surface area is 85.8 Å². The van der Waals surface area contributed by atoms with E-state index in [-0.39, 0.29) is 0 Å². The normalized spacial score (nSPS) is 14.6. The van der Waals surface area contributed by atoms with Crippen LogP contribution in [-0.2, 0) is 0 Å². The van der Waals surface area contributed by atoms with Crippen molar-refractivity contribution in [1.82, 2.24) is 0 Å². The smallest absolute Gasteiger partial charge is 0.0683 e. The maximum atomic E-state index is 2.42. The molecule has 0 unspecified atom stereocenters. The van der Waals surface area contributed by atoms with Gasteiger partial charge in [0.2, 0.25) is 0 Å². The average molecular weight is 212 g/mol. The predicted octanol–water partition coefficient (Wildman–Crippen LogP) is 4.24. The van der Waals surface area contributed by atoms with Crippen molar-refractivity contribution in [2.24, 2.45) is 0 Å². The van der Waals surface area contributed by atoms with E-state index in [2.05, 4.69) is 62.8 Å². The van der Waals surface area contributed by atoms with Crippen molar-refractivity contribution in [3.8, 4) is 0 Å². The Morgan fingerprint density at radius 1 is 0.692 bits per heavy atom. The Bertz CT molecular complexity index is 167. The minimum atomic E-state index is -0.956. The molecule has 0 nitrogen and oxygen atoms in total. The first-order valence-corrected chi connectivity index (χ1v) is 12.2. The van der Waals surface area contributed by atoms with Crippen LogP contribution in [0.3, 0.4) is 0 Å². The second-order valence-corrected chi connectivity index (χ2v) is 15.9. The van der Waals surface area contributed by atoms with Crippen LogP contribution in [0.1, 0.15) is 6.42 Å². The van der Waals surface area contributed by atoms with E-state index in [1.807, 2.05) is 0 Å². The molecule has 0 N–H and O–H groups in total. The van der Waals surface area contributed by atoms with Gasteiger partial charge in [-0.15, -0.1) is 0 Å². The minimum absolute atomic E-state index is 0.956. The van der Waals surface area contributed by atoms with Gasteiger partial charge in [0.1, 0.15) is 0 Å². The van der Waals surface area contributed by atoms with Gasteiger partial charge in [-0.25, -0.2) is 0 Å². The Morgan fingerprint density at radius 3 is 1.23 bits per heavy atom. The Balaban J connectivity index is 3.81. The number of rotatable bonds is 4. The van der Waals surface area contributed by atoms with Crippen molar-refractivity contribution in [2.45, 2.75) is 45.7 Å². The monoisotopic (exact) mass is 212 g/mol. The summed E-state index contributed by atoms with van der Waals surface area (Å²) in [4.78, 5) is 0. The van der Waals surface area contributed by atoms with Crippen LogP contribution in [-0.4, -0.2) is 16.1 Å². The van der Waals surface area contributed by atoms with Gasteiger partial charge in [0, 0.05) is 0 Å². The van der Waals surface area contributed by atoms with Crippen LogP contribution in [0.4, 0.5) is 0 Å². The Hall–Kier alpha value is -0.0862. The predicted molar refractivity (Wildman–Crippen MR) is 69.6 cm³/mol. The third kappa shape index (κ3) is 11.9. The molecule has 13 heavy (non-hydrogen) atoms. The molecular formula is C11H24Si2. The topological polar surface area (TPSA) is 0 Å². The fourth-order valence-electron chi connectivity index (χ4n) is 0.922. The van der Waals surface area contributed by atoms with Gasteiger partial charge in [-0.3, -0.25) is 0 Å². The van der Waals surface area contributed by atoms with Crippen LogP contribution in [0, 0.1) is 0 Å². The van der Waals surface area contributed by atoms with Crippen molar-refractivity contribution in [2.75, 3.05) is 0 Å². The molecule has 0 aromatic heterocycles. The largest absolute Gasteiger partial charge is 0.0986 e. The van der Waals surface area contributed by atoms with E-state index in [1.54, 1.807) is 0 Å². The molecule has 0 heterocycles. The second kappa shape index (κ2) is 4.96. The zero-order valence-corrected chi connectivity index (χ0v) is 12.0. The van der Waals surface area contributed by atoms with Gasteiger partial charge >= 0.3 is 0 Å². The highest BCUT2D eigenvalue weighted by atomic mass is 28.3. The Morgan fingerprint density at radius 2 is 1.00 bits per heavy atom. The summed E-state index contributed by atoms with van der Waals surface area (Å²) in [7, 11) is -1.91. The zero-order chi connectivity index (χ0) is 10.5. The van der Waals surface area contributed by atoms with Gasteiger partial charge < -0.3 is 0 Å². The van der Waals surface area contributed by atoms with Crippen LogP contribution in [0.25, 0.3) is 0 Å². The molecule has 0 aliphatic heterocycles. The van der Waals surface area contributed by atoms with Crippen molar-refractivity contribution in [1.29, 1.82) is 0 Å². The third-order valence-corrected chi connectivity index (χ3v) is 3.98. The molecule has 0 radical (unpaired) electrons. The lowest BCUT2D eigenvalue weighted by Crippen LogP contribution is -2.15. The summed E-state index contributed by atoms with van der Waals surface area (Å²) in [5, 5.41) is 0. The molecule has 0 spiro atoms. The van der Waals surface area contributed by atoms with Gasteiger partial charge in [-0.05, 0) is 6.42 Å². The summed E-state index contributed by atoms with van der Waals surface area (Å²) in [6, 6.07) is 0. The van der Waals surface area contributed by atoms with E-state index in [4.69, 9.17) is 0 Å². The van der Waals surface area contributed by atoms with E-state index in [0.717, 1.165) is 6.42 Å². The van der Waals surface area contributed by atoms with Gasteiger partial charge in [0.05, 0.1) is 16.1 Å². The molecule has 0 rings (SSSR count). The van der Waals surface area contributed by atoms with E-state index >= 15 is 0 Å². The van der Waals surface area contributed by atoms with Crippen LogP contribution in [0.2, 0.25) is 39.3 Å². The van der Waals surface area contributed by atoms with Crippen molar-refractivity contribution >= 4 is 16.1 Å². The maximum Gasteiger partial charge on any atom is 0.0683 e. The molecule has 0 saturated carbocycles. The van der Waals surface area contributed by atoms with Crippen LogP contribution >= 0.6 is 0 Å². The quantitative estimate of drug-likeness (QED) is 0.611. The molecule has 0 bridgehead atoms. The first-order chi connectivity index (χ1) is 5.71.